The molecule has 0 aliphatic heterocycles. The monoisotopic (exact) mass is 490 g/mol. The third-order valence-corrected chi connectivity index (χ3v) is 4.82. The Labute approximate surface area is 190 Å². The van der Waals surface area contributed by atoms with Crippen molar-refractivity contribution in [1.82, 2.24) is 4.98 Å². The molecule has 0 unspecified atom stereocenters. The zero-order valence-electron chi connectivity index (χ0n) is 17.5. The van der Waals surface area contributed by atoms with Crippen molar-refractivity contribution in [2.24, 2.45) is 5.73 Å². The van der Waals surface area contributed by atoms with Gasteiger partial charge < -0.3 is 25.2 Å². The van der Waals surface area contributed by atoms with Crippen LogP contribution in [0.25, 0.3) is 0 Å². The number of nitrogens with zero attached hydrogens (tertiary/aromatic N) is 2. The van der Waals surface area contributed by atoms with Crippen LogP contribution in [-0.2, 0) is 14.3 Å². The fourth-order valence-electron chi connectivity index (χ4n) is 2.08. The third-order valence-electron chi connectivity index (χ3n) is 3.78. The third kappa shape index (κ3) is 9.14. The number of anilines is 1. The fraction of sp³-hybridized carbons (Fsp3) is 0.316. The molecule has 0 atom stereocenters. The summed E-state index contributed by atoms with van der Waals surface area (Å²) < 4.78 is 41.7. The first-order valence-electron chi connectivity index (χ1n) is 9.13. The number of carboxylic acids is 1. The van der Waals surface area contributed by atoms with Crippen molar-refractivity contribution < 1.29 is 42.1 Å². The van der Waals surface area contributed by atoms with Crippen LogP contribution in [0.1, 0.15) is 28.6 Å². The molecule has 0 amide bonds. The molecule has 0 radical (unpaired) electrons. The number of carbonyl (C=O) groups excluding carboxylic acids is 2. The number of alkyl halides is 3. The second-order valence-corrected chi connectivity index (χ2v) is 7.05. The van der Waals surface area contributed by atoms with Gasteiger partial charge in [0, 0.05) is 18.7 Å². The highest BCUT2D eigenvalue weighted by Crippen LogP contribution is 2.24. The zero-order valence-corrected chi connectivity index (χ0v) is 18.3. The lowest BCUT2D eigenvalue weighted by atomic mass is 10.2. The van der Waals surface area contributed by atoms with E-state index in [4.69, 9.17) is 25.8 Å². The maximum Gasteiger partial charge on any atom is 0.490 e. The van der Waals surface area contributed by atoms with Crippen molar-refractivity contribution in [2.75, 3.05) is 25.1 Å². The molecular formula is C19H21F3N4O6S. The second-order valence-electron chi connectivity index (χ2n) is 6.04. The average molecular weight is 490 g/mol. The molecule has 0 aliphatic rings. The van der Waals surface area contributed by atoms with Crippen molar-refractivity contribution in [1.29, 1.82) is 5.41 Å². The van der Waals surface area contributed by atoms with E-state index in [0.29, 0.717) is 34.4 Å². The number of nitrogens with one attached hydrogen (secondary N) is 1. The standard InChI is InChI=1S/C17H20N4O4S.C2HF3O2/c1-3-21(9-8-14(22)24-2)17-20-10-13(26-17)16(23)25-12-6-4-11(5-7-12)15(18)19;3-2(4,5)1(6)7/h4-7,10H,3,8-9H2,1-2H3,(H3,18,19);(H,6,7). The first-order valence-corrected chi connectivity index (χ1v) is 9.95. The number of aromatic nitrogens is 1. The molecule has 10 nitrogen and oxygen atoms in total. The summed E-state index contributed by atoms with van der Waals surface area (Å²) in [5, 5.41) is 15.1. The highest BCUT2D eigenvalue weighted by Gasteiger charge is 2.38. The van der Waals surface area contributed by atoms with Gasteiger partial charge in [-0.3, -0.25) is 10.2 Å². The number of hydrogen-bond donors (Lipinski definition) is 3. The van der Waals surface area contributed by atoms with Crippen molar-refractivity contribution in [2.45, 2.75) is 19.5 Å². The molecule has 1 aromatic carbocycles. The molecule has 0 saturated heterocycles. The Balaban J connectivity index is 0.000000675. The summed E-state index contributed by atoms with van der Waals surface area (Å²) in [5.41, 5.74) is 5.94. The zero-order chi connectivity index (χ0) is 25.2. The SMILES string of the molecule is CCN(CCC(=O)OC)c1ncc(C(=O)Oc2ccc(C(=N)N)cc2)s1.O=C(O)C(F)(F)F. The predicted octanol–water partition coefficient (Wildman–Crippen LogP) is 2.67. The normalized spacial score (nSPS) is 10.5. The van der Waals surface area contributed by atoms with Crippen molar-refractivity contribution in [3.63, 3.8) is 0 Å². The van der Waals surface area contributed by atoms with Crippen LogP contribution in [-0.4, -0.2) is 60.2 Å². The number of amidine groups is 1. The highest BCUT2D eigenvalue weighted by molar-refractivity contribution is 7.17. The van der Waals surface area contributed by atoms with Crippen molar-refractivity contribution in [3.05, 3.63) is 40.9 Å². The van der Waals surface area contributed by atoms with E-state index in [-0.39, 0.29) is 18.2 Å². The summed E-state index contributed by atoms with van der Waals surface area (Å²) >= 11 is 1.19. The number of carboxylic acid groups (broad SMARTS) is 1. The van der Waals surface area contributed by atoms with E-state index in [1.807, 2.05) is 11.8 Å². The second kappa shape index (κ2) is 12.4. The number of carbonyl (C=O) groups is 3. The molecule has 0 aliphatic carbocycles. The lowest BCUT2D eigenvalue weighted by molar-refractivity contribution is -0.192. The molecule has 0 bridgehead atoms. The maximum atomic E-state index is 12.3. The van der Waals surface area contributed by atoms with Crippen LogP contribution < -0.4 is 15.4 Å². The summed E-state index contributed by atoms with van der Waals surface area (Å²) in [4.78, 5) is 38.9. The molecule has 2 aromatic rings. The summed E-state index contributed by atoms with van der Waals surface area (Å²) in [5.74, 6) is -3.27. The van der Waals surface area contributed by atoms with Gasteiger partial charge in [-0.05, 0) is 31.2 Å². The van der Waals surface area contributed by atoms with Gasteiger partial charge in [0.05, 0.1) is 19.7 Å². The van der Waals surface area contributed by atoms with Gasteiger partial charge >= 0.3 is 24.1 Å². The van der Waals surface area contributed by atoms with E-state index in [1.165, 1.54) is 24.6 Å². The van der Waals surface area contributed by atoms with Crippen LogP contribution in [0.4, 0.5) is 18.3 Å². The molecule has 2 rings (SSSR count). The summed E-state index contributed by atoms with van der Waals surface area (Å²) in [6, 6.07) is 6.36. The van der Waals surface area contributed by atoms with E-state index in [9.17, 15) is 22.8 Å². The van der Waals surface area contributed by atoms with E-state index < -0.39 is 18.1 Å². The summed E-state index contributed by atoms with van der Waals surface area (Å²) in [6.07, 6.45) is -3.39. The lowest BCUT2D eigenvalue weighted by Gasteiger charge is -2.18. The topological polar surface area (TPSA) is 156 Å². The Morgan fingerprint density at radius 1 is 1.24 bits per heavy atom. The van der Waals surface area contributed by atoms with Crippen LogP contribution in [0.2, 0.25) is 0 Å². The number of halogens is 3. The Morgan fingerprint density at radius 2 is 1.82 bits per heavy atom. The maximum absolute atomic E-state index is 12.3. The van der Waals surface area contributed by atoms with E-state index in [1.54, 1.807) is 24.3 Å². The minimum Gasteiger partial charge on any atom is -0.475 e. The number of aliphatic carboxylic acids is 1. The molecule has 1 heterocycles. The number of benzene rings is 1. The first kappa shape index (κ1) is 27.4. The fourth-order valence-corrected chi connectivity index (χ4v) is 2.96. The molecule has 14 heteroatoms. The van der Waals surface area contributed by atoms with Crippen LogP contribution in [0.5, 0.6) is 5.75 Å². The Kier molecular flexibility index (Phi) is 10.3. The molecule has 0 spiro atoms. The summed E-state index contributed by atoms with van der Waals surface area (Å²) in [6.45, 7) is 3.04. The van der Waals surface area contributed by atoms with Gasteiger partial charge in [-0.2, -0.15) is 13.2 Å². The molecule has 33 heavy (non-hydrogen) atoms. The van der Waals surface area contributed by atoms with Crippen molar-refractivity contribution in [3.8, 4) is 5.75 Å². The van der Waals surface area contributed by atoms with Crippen LogP contribution in [0.15, 0.2) is 30.5 Å². The number of nitrogen functional groups attached to an aromatic ring is 1. The van der Waals surface area contributed by atoms with E-state index in [0.717, 1.165) is 0 Å². The summed E-state index contributed by atoms with van der Waals surface area (Å²) in [7, 11) is 1.35. The molecule has 0 saturated carbocycles. The van der Waals surface area contributed by atoms with Gasteiger partial charge in [-0.15, -0.1) is 0 Å². The van der Waals surface area contributed by atoms with E-state index in [2.05, 4.69) is 9.72 Å². The average Bonchev–Trinajstić information content (AvgIpc) is 3.24. The minimum absolute atomic E-state index is 0.0541. The number of thiazole rings is 1. The van der Waals surface area contributed by atoms with Gasteiger partial charge in [0.25, 0.3) is 0 Å². The molecule has 1 aromatic heterocycles. The number of nitrogens with two attached hydrogens (primary N) is 1. The van der Waals surface area contributed by atoms with Gasteiger partial charge in [-0.25, -0.2) is 14.6 Å². The van der Waals surface area contributed by atoms with Crippen molar-refractivity contribution >= 4 is 40.2 Å². The van der Waals surface area contributed by atoms with Crippen LogP contribution >= 0.6 is 11.3 Å². The Bertz CT molecular complexity index is 979. The Morgan fingerprint density at radius 3 is 2.27 bits per heavy atom. The molecular weight excluding hydrogens is 469 g/mol. The van der Waals surface area contributed by atoms with Gasteiger partial charge in [0.1, 0.15) is 16.5 Å². The first-order chi connectivity index (χ1) is 15.4. The van der Waals surface area contributed by atoms with Gasteiger partial charge in [0.2, 0.25) is 0 Å². The number of ether oxygens (including phenoxy) is 2. The molecule has 180 valence electrons. The highest BCUT2D eigenvalue weighted by atomic mass is 32.1. The molecule has 0 fully saturated rings. The van der Waals surface area contributed by atoms with Crippen LogP contribution in [0, 0.1) is 5.41 Å². The minimum atomic E-state index is -5.08. The lowest BCUT2D eigenvalue weighted by Crippen LogP contribution is -2.25. The quantitative estimate of drug-likeness (QED) is 0.219. The number of hydrogen-bond acceptors (Lipinski definition) is 9. The van der Waals surface area contributed by atoms with Gasteiger partial charge in [-0.1, -0.05) is 11.3 Å². The van der Waals surface area contributed by atoms with E-state index >= 15 is 0 Å². The van der Waals surface area contributed by atoms with Crippen LogP contribution in [0.3, 0.4) is 0 Å². The number of rotatable bonds is 8. The largest absolute Gasteiger partial charge is 0.490 e. The Hall–Kier alpha value is -3.68. The molecule has 4 N–H and O–H groups in total. The number of methoxy groups -OCH3 is 1. The van der Waals surface area contributed by atoms with Gasteiger partial charge in [0.15, 0.2) is 5.13 Å². The number of esters is 2. The predicted molar refractivity (Wildman–Crippen MR) is 113 cm³/mol. The smallest absolute Gasteiger partial charge is 0.475 e.